The summed E-state index contributed by atoms with van der Waals surface area (Å²) in [5, 5.41) is 8.02. The largest absolute Gasteiger partial charge is 0.305 e. The van der Waals surface area contributed by atoms with E-state index in [-0.39, 0.29) is 12.2 Å². The van der Waals surface area contributed by atoms with E-state index in [1.54, 1.807) is 6.33 Å². The maximum atomic E-state index is 12.4. The second-order valence-electron chi connectivity index (χ2n) is 5.77. The summed E-state index contributed by atoms with van der Waals surface area (Å²) in [6.07, 6.45) is 3.93. The zero-order chi connectivity index (χ0) is 15.7. The van der Waals surface area contributed by atoms with Gasteiger partial charge in [-0.1, -0.05) is 19.9 Å². The summed E-state index contributed by atoms with van der Waals surface area (Å²) in [5.41, 5.74) is 4.03. The predicted molar refractivity (Wildman–Crippen MR) is 84.1 cm³/mol. The van der Waals surface area contributed by atoms with E-state index in [0.29, 0.717) is 17.3 Å². The normalized spacial score (nSPS) is 11.3. The lowest BCUT2D eigenvalue weighted by atomic mass is 10.1. The van der Waals surface area contributed by atoms with Crippen LogP contribution in [0, 0.1) is 6.92 Å². The van der Waals surface area contributed by atoms with Crippen molar-refractivity contribution in [1.29, 1.82) is 0 Å². The van der Waals surface area contributed by atoms with Crippen LogP contribution in [0.5, 0.6) is 0 Å². The summed E-state index contributed by atoms with van der Waals surface area (Å²) in [6.45, 7) is 6.15. The Kier molecular flexibility index (Phi) is 3.71. The van der Waals surface area contributed by atoms with Crippen molar-refractivity contribution in [2.45, 2.75) is 33.1 Å². The minimum atomic E-state index is -0.0436. The molecule has 0 atom stereocenters. The van der Waals surface area contributed by atoms with Crippen molar-refractivity contribution in [3.05, 3.63) is 59.4 Å². The molecule has 0 bridgehead atoms. The van der Waals surface area contributed by atoms with Gasteiger partial charge < -0.3 is 4.40 Å². The Balaban J connectivity index is 1.89. The summed E-state index contributed by atoms with van der Waals surface area (Å²) < 4.78 is 1.91. The van der Waals surface area contributed by atoms with Crippen molar-refractivity contribution in [2.75, 3.05) is 0 Å². The smallest absolute Gasteiger partial charge is 0.189 e. The molecule has 3 aromatic heterocycles. The monoisotopic (exact) mass is 294 g/mol. The van der Waals surface area contributed by atoms with Gasteiger partial charge in [-0.25, -0.2) is 4.98 Å². The summed E-state index contributed by atoms with van der Waals surface area (Å²) in [6, 6.07) is 7.69. The molecule has 0 spiro atoms. The molecule has 0 aliphatic rings. The molecule has 3 aromatic rings. The molecule has 0 saturated carbocycles. The Labute approximate surface area is 129 Å². The summed E-state index contributed by atoms with van der Waals surface area (Å²) in [5.74, 6) is 0.395. The Morgan fingerprint density at radius 3 is 2.68 bits per heavy atom. The number of carbonyl (C=O) groups excluding carboxylic acids is 1. The summed E-state index contributed by atoms with van der Waals surface area (Å²) >= 11 is 0. The standard InChI is InChI=1S/C17H18N4O/c1-11(2)13-5-7-15-17(18-10-21(15)9-13)16(22)8-14-6-4-12(3)19-20-14/h4-7,9-11H,8H2,1-3H3. The van der Waals surface area contributed by atoms with Crippen LogP contribution in [0.3, 0.4) is 0 Å². The van der Waals surface area contributed by atoms with Crippen LogP contribution in [-0.2, 0) is 6.42 Å². The fourth-order valence-electron chi connectivity index (χ4n) is 2.34. The molecular formula is C17H18N4O. The Morgan fingerprint density at radius 2 is 2.00 bits per heavy atom. The minimum Gasteiger partial charge on any atom is -0.305 e. The number of ketones is 1. The number of nitrogens with zero attached hydrogens (tertiary/aromatic N) is 4. The summed E-state index contributed by atoms with van der Waals surface area (Å²) in [7, 11) is 0. The number of Topliss-reactive ketones (excluding diaryl/α,β-unsaturated/α-hetero) is 1. The minimum absolute atomic E-state index is 0.0436. The molecule has 112 valence electrons. The van der Waals surface area contributed by atoms with Gasteiger partial charge in [-0.05, 0) is 36.6 Å². The van der Waals surface area contributed by atoms with Crippen LogP contribution in [0.25, 0.3) is 5.52 Å². The second-order valence-corrected chi connectivity index (χ2v) is 5.77. The Morgan fingerprint density at radius 1 is 1.18 bits per heavy atom. The van der Waals surface area contributed by atoms with Crippen molar-refractivity contribution in [2.24, 2.45) is 0 Å². The fourth-order valence-corrected chi connectivity index (χ4v) is 2.34. The van der Waals surface area contributed by atoms with Gasteiger partial charge in [0.2, 0.25) is 0 Å². The number of imidazole rings is 1. The van der Waals surface area contributed by atoms with Crippen LogP contribution in [0.4, 0.5) is 0 Å². The predicted octanol–water partition coefficient (Wildman–Crippen LogP) is 2.98. The van der Waals surface area contributed by atoms with E-state index >= 15 is 0 Å². The molecule has 5 nitrogen and oxygen atoms in total. The maximum absolute atomic E-state index is 12.4. The molecule has 0 aliphatic heterocycles. The summed E-state index contributed by atoms with van der Waals surface area (Å²) in [4.78, 5) is 16.7. The highest BCUT2D eigenvalue weighted by Crippen LogP contribution is 2.18. The van der Waals surface area contributed by atoms with Gasteiger partial charge >= 0.3 is 0 Å². The molecule has 0 aliphatic carbocycles. The fraction of sp³-hybridized carbons (Fsp3) is 0.294. The molecule has 0 unspecified atom stereocenters. The third-order valence-electron chi connectivity index (χ3n) is 3.68. The van der Waals surface area contributed by atoms with Crippen LogP contribution in [-0.4, -0.2) is 25.4 Å². The molecule has 3 rings (SSSR count). The molecule has 0 N–H and O–H groups in total. The van der Waals surface area contributed by atoms with E-state index in [0.717, 1.165) is 11.2 Å². The molecule has 0 saturated heterocycles. The lowest BCUT2D eigenvalue weighted by molar-refractivity contribution is 0.0989. The quantitative estimate of drug-likeness (QED) is 0.694. The average molecular weight is 294 g/mol. The maximum Gasteiger partial charge on any atom is 0.189 e. The number of hydrogen-bond acceptors (Lipinski definition) is 4. The van der Waals surface area contributed by atoms with Crippen LogP contribution in [0.2, 0.25) is 0 Å². The van der Waals surface area contributed by atoms with Crippen LogP contribution in [0.1, 0.15) is 47.2 Å². The highest BCUT2D eigenvalue weighted by atomic mass is 16.1. The van der Waals surface area contributed by atoms with Gasteiger partial charge in [-0.2, -0.15) is 10.2 Å². The topological polar surface area (TPSA) is 60.2 Å². The molecule has 0 amide bonds. The van der Waals surface area contributed by atoms with Gasteiger partial charge in [-0.3, -0.25) is 4.79 Å². The van der Waals surface area contributed by atoms with Crippen molar-refractivity contribution in [3.63, 3.8) is 0 Å². The van der Waals surface area contributed by atoms with E-state index in [4.69, 9.17) is 0 Å². The SMILES string of the molecule is Cc1ccc(CC(=O)c2ncn3cc(C(C)C)ccc23)nn1. The van der Waals surface area contributed by atoms with E-state index < -0.39 is 0 Å². The first-order valence-corrected chi connectivity index (χ1v) is 7.33. The first-order chi connectivity index (χ1) is 10.5. The van der Waals surface area contributed by atoms with Crippen LogP contribution in [0.15, 0.2) is 36.8 Å². The molecule has 3 heterocycles. The zero-order valence-corrected chi connectivity index (χ0v) is 12.9. The molecular weight excluding hydrogens is 276 g/mol. The first-order valence-electron chi connectivity index (χ1n) is 7.33. The van der Waals surface area contributed by atoms with E-state index in [2.05, 4.69) is 29.0 Å². The van der Waals surface area contributed by atoms with Gasteiger partial charge in [0.05, 0.1) is 23.3 Å². The number of rotatable bonds is 4. The highest BCUT2D eigenvalue weighted by molar-refractivity contribution is 6.01. The third-order valence-corrected chi connectivity index (χ3v) is 3.68. The number of aromatic nitrogens is 4. The lowest BCUT2D eigenvalue weighted by Crippen LogP contribution is -2.07. The third kappa shape index (κ3) is 2.74. The number of aryl methyl sites for hydroxylation is 1. The number of fused-ring (bicyclic) bond motifs is 1. The van der Waals surface area contributed by atoms with E-state index in [1.807, 2.05) is 41.8 Å². The van der Waals surface area contributed by atoms with Gasteiger partial charge in [0.25, 0.3) is 0 Å². The van der Waals surface area contributed by atoms with Crippen molar-refractivity contribution in [1.82, 2.24) is 19.6 Å². The van der Waals surface area contributed by atoms with E-state index in [1.165, 1.54) is 5.56 Å². The molecule has 0 aromatic carbocycles. The number of hydrogen-bond donors (Lipinski definition) is 0. The van der Waals surface area contributed by atoms with Crippen molar-refractivity contribution >= 4 is 11.3 Å². The van der Waals surface area contributed by atoms with Crippen LogP contribution < -0.4 is 0 Å². The van der Waals surface area contributed by atoms with Gasteiger partial charge in [0, 0.05) is 6.20 Å². The first kappa shape index (κ1) is 14.4. The molecule has 22 heavy (non-hydrogen) atoms. The molecule has 5 heteroatoms. The van der Waals surface area contributed by atoms with Gasteiger partial charge in [-0.15, -0.1) is 0 Å². The average Bonchev–Trinajstić information content (AvgIpc) is 2.92. The molecule has 0 fully saturated rings. The van der Waals surface area contributed by atoms with Gasteiger partial charge in [0.15, 0.2) is 5.78 Å². The molecule has 0 radical (unpaired) electrons. The van der Waals surface area contributed by atoms with Crippen molar-refractivity contribution in [3.8, 4) is 0 Å². The Bertz CT molecular complexity index is 818. The van der Waals surface area contributed by atoms with Gasteiger partial charge in [0.1, 0.15) is 12.0 Å². The number of pyridine rings is 1. The lowest BCUT2D eigenvalue weighted by Gasteiger charge is -2.06. The van der Waals surface area contributed by atoms with E-state index in [9.17, 15) is 4.79 Å². The highest BCUT2D eigenvalue weighted by Gasteiger charge is 2.15. The Hall–Kier alpha value is -2.56. The van der Waals surface area contributed by atoms with Crippen LogP contribution >= 0.6 is 0 Å². The second kappa shape index (κ2) is 5.67. The zero-order valence-electron chi connectivity index (χ0n) is 12.9. The van der Waals surface area contributed by atoms with Crippen molar-refractivity contribution < 1.29 is 4.79 Å². The number of carbonyl (C=O) groups is 1.